The Labute approximate surface area is 124 Å². The van der Waals surface area contributed by atoms with Gasteiger partial charge in [0.15, 0.2) is 0 Å². The zero-order valence-electron chi connectivity index (χ0n) is 11.4. The number of hydrogen-bond donors (Lipinski definition) is 0. The zero-order valence-corrected chi connectivity index (χ0v) is 12.9. The van der Waals surface area contributed by atoms with Crippen LogP contribution in [0.1, 0.15) is 43.6 Å². The van der Waals surface area contributed by atoms with Gasteiger partial charge in [0, 0.05) is 30.8 Å². The molecule has 1 unspecified atom stereocenters. The highest BCUT2D eigenvalue weighted by atomic mass is 79.9. The molecule has 1 aromatic carbocycles. The summed E-state index contributed by atoms with van der Waals surface area (Å²) in [5, 5.41) is 0.911. The molecule has 2 rings (SSSR count). The summed E-state index contributed by atoms with van der Waals surface area (Å²) in [4.78, 5) is 14.3. The molecule has 0 N–H and O–H groups in total. The van der Waals surface area contributed by atoms with Gasteiger partial charge in [-0.05, 0) is 24.8 Å². The van der Waals surface area contributed by atoms with Crippen LogP contribution in [-0.2, 0) is 4.79 Å². The van der Waals surface area contributed by atoms with E-state index in [2.05, 4.69) is 51.2 Å². The summed E-state index contributed by atoms with van der Waals surface area (Å²) >= 11 is 3.40. The highest BCUT2D eigenvalue weighted by Gasteiger charge is 2.22. The number of benzene rings is 1. The highest BCUT2D eigenvalue weighted by Crippen LogP contribution is 2.26. The Balaban J connectivity index is 2.00. The van der Waals surface area contributed by atoms with E-state index in [-0.39, 0.29) is 0 Å². The number of amides is 1. The molecule has 1 heterocycles. The van der Waals surface area contributed by atoms with E-state index in [0.29, 0.717) is 18.2 Å². The van der Waals surface area contributed by atoms with Gasteiger partial charge in [0.2, 0.25) is 5.91 Å². The maximum Gasteiger partial charge on any atom is 0.222 e. The van der Waals surface area contributed by atoms with Gasteiger partial charge >= 0.3 is 0 Å². The van der Waals surface area contributed by atoms with Crippen molar-refractivity contribution in [2.24, 2.45) is 0 Å². The molecule has 0 bridgehead atoms. The lowest BCUT2D eigenvalue weighted by Crippen LogP contribution is -2.34. The maximum absolute atomic E-state index is 12.2. The summed E-state index contributed by atoms with van der Waals surface area (Å²) in [6.07, 6.45) is 5.18. The third-order valence-electron chi connectivity index (χ3n) is 3.82. The van der Waals surface area contributed by atoms with Crippen molar-refractivity contribution >= 4 is 21.8 Å². The number of alkyl halides is 1. The Morgan fingerprint density at radius 1 is 1.26 bits per heavy atom. The standard InChI is InChI=1S/C16H22BrNO/c17-11-6-10-16(19)18-12-5-4-9-15(13-18)14-7-2-1-3-8-14/h1-3,7-8,15H,4-6,9-13H2. The molecule has 0 spiro atoms. The Morgan fingerprint density at radius 2 is 2.05 bits per heavy atom. The van der Waals surface area contributed by atoms with Gasteiger partial charge in [-0.15, -0.1) is 0 Å². The summed E-state index contributed by atoms with van der Waals surface area (Å²) in [7, 11) is 0. The van der Waals surface area contributed by atoms with E-state index < -0.39 is 0 Å². The lowest BCUT2D eigenvalue weighted by molar-refractivity contribution is -0.131. The topological polar surface area (TPSA) is 20.3 Å². The van der Waals surface area contributed by atoms with E-state index >= 15 is 0 Å². The minimum absolute atomic E-state index is 0.322. The van der Waals surface area contributed by atoms with Gasteiger partial charge in [0.25, 0.3) is 0 Å². The number of carbonyl (C=O) groups excluding carboxylic acids is 1. The molecule has 0 aromatic heterocycles. The van der Waals surface area contributed by atoms with Gasteiger partial charge in [-0.2, -0.15) is 0 Å². The third-order valence-corrected chi connectivity index (χ3v) is 4.38. The van der Waals surface area contributed by atoms with Crippen molar-refractivity contribution in [1.82, 2.24) is 4.90 Å². The highest BCUT2D eigenvalue weighted by molar-refractivity contribution is 9.09. The van der Waals surface area contributed by atoms with Crippen LogP contribution in [0.15, 0.2) is 30.3 Å². The summed E-state index contributed by atoms with van der Waals surface area (Å²) in [5.74, 6) is 0.832. The van der Waals surface area contributed by atoms with E-state index in [9.17, 15) is 4.79 Å². The number of hydrogen-bond acceptors (Lipinski definition) is 1. The Kier molecular flexibility index (Phi) is 5.90. The summed E-state index contributed by atoms with van der Waals surface area (Å²) in [6, 6.07) is 10.6. The van der Waals surface area contributed by atoms with Crippen LogP contribution in [0.3, 0.4) is 0 Å². The van der Waals surface area contributed by atoms with Crippen molar-refractivity contribution in [3.63, 3.8) is 0 Å². The van der Waals surface area contributed by atoms with Crippen LogP contribution in [0.2, 0.25) is 0 Å². The fraction of sp³-hybridized carbons (Fsp3) is 0.562. The van der Waals surface area contributed by atoms with Crippen molar-refractivity contribution in [3.05, 3.63) is 35.9 Å². The molecule has 2 nitrogen and oxygen atoms in total. The molecule has 1 atom stereocenters. The molecule has 0 radical (unpaired) electrons. The second-order valence-electron chi connectivity index (χ2n) is 5.24. The second-order valence-corrected chi connectivity index (χ2v) is 6.03. The molecule has 1 aliphatic heterocycles. The summed E-state index contributed by atoms with van der Waals surface area (Å²) < 4.78 is 0. The van der Waals surface area contributed by atoms with E-state index in [4.69, 9.17) is 0 Å². The minimum atomic E-state index is 0.322. The molecule has 0 aliphatic carbocycles. The first-order valence-corrected chi connectivity index (χ1v) is 8.32. The molecular weight excluding hydrogens is 302 g/mol. The number of nitrogens with zero attached hydrogens (tertiary/aromatic N) is 1. The van der Waals surface area contributed by atoms with E-state index in [0.717, 1.165) is 31.3 Å². The molecule has 1 saturated heterocycles. The average molecular weight is 324 g/mol. The van der Waals surface area contributed by atoms with E-state index in [1.165, 1.54) is 18.4 Å². The van der Waals surface area contributed by atoms with E-state index in [1.54, 1.807) is 0 Å². The second kappa shape index (κ2) is 7.68. The average Bonchev–Trinajstić information content (AvgIpc) is 2.71. The molecule has 1 aliphatic rings. The quantitative estimate of drug-likeness (QED) is 0.768. The first kappa shape index (κ1) is 14.6. The molecule has 1 amide bonds. The summed E-state index contributed by atoms with van der Waals surface area (Å²) in [6.45, 7) is 1.83. The molecule has 104 valence electrons. The van der Waals surface area contributed by atoms with Gasteiger partial charge in [0.05, 0.1) is 0 Å². The largest absolute Gasteiger partial charge is 0.342 e. The van der Waals surface area contributed by atoms with Gasteiger partial charge in [-0.3, -0.25) is 4.79 Å². The lowest BCUT2D eigenvalue weighted by atomic mass is 9.94. The lowest BCUT2D eigenvalue weighted by Gasteiger charge is -2.25. The van der Waals surface area contributed by atoms with Crippen molar-refractivity contribution < 1.29 is 4.79 Å². The molecule has 19 heavy (non-hydrogen) atoms. The molecule has 1 fully saturated rings. The fourth-order valence-corrected chi connectivity index (χ4v) is 3.02. The van der Waals surface area contributed by atoms with Crippen molar-refractivity contribution in [2.75, 3.05) is 18.4 Å². The molecule has 3 heteroatoms. The van der Waals surface area contributed by atoms with Crippen LogP contribution < -0.4 is 0 Å². The number of likely N-dealkylation sites (tertiary alicyclic amines) is 1. The van der Waals surface area contributed by atoms with Crippen LogP contribution in [-0.4, -0.2) is 29.2 Å². The monoisotopic (exact) mass is 323 g/mol. The van der Waals surface area contributed by atoms with Gasteiger partial charge in [0.1, 0.15) is 0 Å². The van der Waals surface area contributed by atoms with Crippen LogP contribution in [0.4, 0.5) is 0 Å². The number of carbonyl (C=O) groups is 1. The van der Waals surface area contributed by atoms with Gasteiger partial charge in [-0.1, -0.05) is 52.7 Å². The minimum Gasteiger partial charge on any atom is -0.342 e. The predicted octanol–water partition coefficient (Wildman–Crippen LogP) is 3.96. The molecule has 1 aromatic rings. The predicted molar refractivity (Wildman–Crippen MR) is 82.6 cm³/mol. The first-order valence-electron chi connectivity index (χ1n) is 7.20. The fourth-order valence-electron chi connectivity index (χ4n) is 2.74. The van der Waals surface area contributed by atoms with Crippen LogP contribution in [0.5, 0.6) is 0 Å². The first-order chi connectivity index (χ1) is 9.31. The normalized spacial score (nSPS) is 20.1. The molecule has 0 saturated carbocycles. The SMILES string of the molecule is O=C(CCCBr)N1CCCCC(c2ccccc2)C1. The van der Waals surface area contributed by atoms with Gasteiger partial charge < -0.3 is 4.90 Å². The van der Waals surface area contributed by atoms with Crippen LogP contribution >= 0.6 is 15.9 Å². The maximum atomic E-state index is 12.2. The van der Waals surface area contributed by atoms with Crippen LogP contribution in [0, 0.1) is 0 Å². The Bertz CT molecular complexity index is 393. The smallest absolute Gasteiger partial charge is 0.222 e. The number of halogens is 1. The Morgan fingerprint density at radius 3 is 2.79 bits per heavy atom. The van der Waals surface area contributed by atoms with E-state index in [1.807, 2.05) is 0 Å². The van der Waals surface area contributed by atoms with Crippen molar-refractivity contribution in [2.45, 2.75) is 38.0 Å². The Hall–Kier alpha value is -0.830. The van der Waals surface area contributed by atoms with Crippen LogP contribution in [0.25, 0.3) is 0 Å². The van der Waals surface area contributed by atoms with Gasteiger partial charge in [-0.25, -0.2) is 0 Å². The third kappa shape index (κ3) is 4.34. The summed E-state index contributed by atoms with van der Waals surface area (Å²) in [5.41, 5.74) is 1.38. The number of rotatable bonds is 4. The van der Waals surface area contributed by atoms with Crippen molar-refractivity contribution in [3.8, 4) is 0 Å². The molecular formula is C16H22BrNO. The van der Waals surface area contributed by atoms with Crippen molar-refractivity contribution in [1.29, 1.82) is 0 Å². The zero-order chi connectivity index (χ0) is 13.5.